The van der Waals surface area contributed by atoms with Crippen molar-refractivity contribution in [3.63, 3.8) is 0 Å². The van der Waals surface area contributed by atoms with Crippen LogP contribution in [0.3, 0.4) is 0 Å². The van der Waals surface area contributed by atoms with E-state index in [1.54, 1.807) is 24.3 Å². The third-order valence-electron chi connectivity index (χ3n) is 4.35. The average Bonchev–Trinajstić information content (AvgIpc) is 2.72. The second-order valence-corrected chi connectivity index (χ2v) is 7.55. The SMILES string of the molecule is CCCOc1ccc(F)c2c(=O)c(-c3ccc(OC)cc3)cn(COP(=O)([O-])[O-])c12.[Mg+2]. The third-order valence-corrected chi connectivity index (χ3v) is 4.78. The topological polar surface area (TPSA) is 113 Å². The summed E-state index contributed by atoms with van der Waals surface area (Å²) in [7, 11) is -3.82. The van der Waals surface area contributed by atoms with Gasteiger partial charge in [-0.05, 0) is 36.2 Å². The number of phosphoric ester groups is 1. The van der Waals surface area contributed by atoms with Crippen molar-refractivity contribution in [2.24, 2.45) is 0 Å². The first-order valence-corrected chi connectivity index (χ1v) is 10.5. The van der Waals surface area contributed by atoms with Gasteiger partial charge in [-0.3, -0.25) is 4.79 Å². The van der Waals surface area contributed by atoms with Gasteiger partial charge in [-0.2, -0.15) is 0 Å². The summed E-state index contributed by atoms with van der Waals surface area (Å²) in [6, 6.07) is 8.90. The van der Waals surface area contributed by atoms with E-state index < -0.39 is 25.8 Å². The van der Waals surface area contributed by atoms with Crippen molar-refractivity contribution in [1.29, 1.82) is 0 Å². The summed E-state index contributed by atoms with van der Waals surface area (Å²) in [5, 5.41) is -0.299. The molecule has 0 atom stereocenters. The number of methoxy groups -OCH3 is 1. The molecule has 0 N–H and O–H groups in total. The molecule has 0 amide bonds. The summed E-state index contributed by atoms with van der Waals surface area (Å²) < 4.78 is 42.0. The maximum absolute atomic E-state index is 14.7. The number of phosphoric acid groups is 1. The van der Waals surface area contributed by atoms with E-state index in [-0.39, 0.29) is 51.9 Å². The minimum absolute atomic E-state index is 0. The van der Waals surface area contributed by atoms with Crippen molar-refractivity contribution in [1.82, 2.24) is 4.57 Å². The van der Waals surface area contributed by atoms with Crippen LogP contribution in [0.15, 0.2) is 47.4 Å². The zero-order chi connectivity index (χ0) is 21.9. The predicted molar refractivity (Wildman–Crippen MR) is 110 cm³/mol. The molecule has 31 heavy (non-hydrogen) atoms. The van der Waals surface area contributed by atoms with Crippen LogP contribution in [0.5, 0.6) is 11.5 Å². The van der Waals surface area contributed by atoms with Gasteiger partial charge >= 0.3 is 23.1 Å². The molecule has 8 nitrogen and oxygen atoms in total. The molecule has 0 bridgehead atoms. The molecular weight excluding hydrogens is 440 g/mol. The fourth-order valence-electron chi connectivity index (χ4n) is 3.00. The number of hydrogen-bond donors (Lipinski definition) is 0. The summed E-state index contributed by atoms with van der Waals surface area (Å²) >= 11 is 0. The van der Waals surface area contributed by atoms with Gasteiger partial charge in [0.25, 0.3) is 0 Å². The van der Waals surface area contributed by atoms with Crippen molar-refractivity contribution in [2.75, 3.05) is 13.7 Å². The smallest absolute Gasteiger partial charge is 0.790 e. The van der Waals surface area contributed by atoms with Crippen LogP contribution >= 0.6 is 7.82 Å². The van der Waals surface area contributed by atoms with E-state index in [0.717, 1.165) is 6.07 Å². The number of rotatable bonds is 8. The summed E-state index contributed by atoms with van der Waals surface area (Å²) in [4.78, 5) is 35.1. The fourth-order valence-corrected chi connectivity index (χ4v) is 3.27. The van der Waals surface area contributed by atoms with E-state index in [1.165, 1.54) is 23.9 Å². The first kappa shape index (κ1) is 25.3. The van der Waals surface area contributed by atoms with E-state index in [1.807, 2.05) is 6.92 Å². The zero-order valence-electron chi connectivity index (χ0n) is 17.0. The number of nitrogens with zero attached hydrogens (tertiary/aromatic N) is 1. The Morgan fingerprint density at radius 3 is 2.39 bits per heavy atom. The molecule has 0 radical (unpaired) electrons. The summed E-state index contributed by atoms with van der Waals surface area (Å²) in [5.41, 5.74) is -0.0764. The summed E-state index contributed by atoms with van der Waals surface area (Å²) in [5.74, 6) is -0.0828. The summed E-state index contributed by atoms with van der Waals surface area (Å²) in [6.07, 6.45) is 1.96. The number of benzene rings is 2. The Labute approximate surface area is 194 Å². The van der Waals surface area contributed by atoms with Gasteiger partial charge < -0.3 is 32.9 Å². The van der Waals surface area contributed by atoms with Crippen LogP contribution in [-0.2, 0) is 15.8 Å². The molecule has 0 saturated heterocycles. The van der Waals surface area contributed by atoms with Gasteiger partial charge in [0, 0.05) is 11.8 Å². The van der Waals surface area contributed by atoms with Crippen molar-refractivity contribution < 1.29 is 32.7 Å². The van der Waals surface area contributed by atoms with Crippen LogP contribution in [-0.4, -0.2) is 41.3 Å². The Morgan fingerprint density at radius 1 is 1.13 bits per heavy atom. The Hall–Kier alpha value is -1.94. The van der Waals surface area contributed by atoms with Gasteiger partial charge in [-0.1, -0.05) is 19.1 Å². The molecule has 0 aliphatic carbocycles. The number of aromatic nitrogens is 1. The van der Waals surface area contributed by atoms with Gasteiger partial charge in [-0.15, -0.1) is 0 Å². The molecule has 0 unspecified atom stereocenters. The molecule has 3 rings (SSSR count). The molecule has 0 fully saturated rings. The molecule has 2 aromatic carbocycles. The maximum Gasteiger partial charge on any atom is 2.00 e. The Morgan fingerprint density at radius 2 is 1.81 bits per heavy atom. The van der Waals surface area contributed by atoms with Crippen molar-refractivity contribution in [3.8, 4) is 22.6 Å². The molecule has 3 aromatic rings. The Bertz CT molecular complexity index is 1160. The van der Waals surface area contributed by atoms with Gasteiger partial charge in [0.05, 0.1) is 32.4 Å². The predicted octanol–water partition coefficient (Wildman–Crippen LogP) is 2.03. The van der Waals surface area contributed by atoms with Crippen LogP contribution in [0, 0.1) is 5.82 Å². The van der Waals surface area contributed by atoms with Gasteiger partial charge in [0.1, 0.15) is 24.0 Å². The zero-order valence-corrected chi connectivity index (χ0v) is 19.3. The van der Waals surface area contributed by atoms with E-state index in [9.17, 15) is 23.5 Å². The van der Waals surface area contributed by atoms with E-state index in [4.69, 9.17) is 9.47 Å². The van der Waals surface area contributed by atoms with Crippen LogP contribution in [0.1, 0.15) is 13.3 Å². The fraction of sp³-hybridized carbons (Fsp3) is 0.250. The monoisotopic (exact) mass is 459 g/mol. The van der Waals surface area contributed by atoms with Crippen molar-refractivity contribution in [2.45, 2.75) is 20.1 Å². The van der Waals surface area contributed by atoms with E-state index in [0.29, 0.717) is 17.7 Å². The second-order valence-electron chi connectivity index (χ2n) is 6.39. The molecule has 0 spiro atoms. The number of ether oxygens (including phenoxy) is 2. The van der Waals surface area contributed by atoms with Crippen LogP contribution in [0.25, 0.3) is 22.0 Å². The largest absolute Gasteiger partial charge is 2.00 e. The molecule has 1 heterocycles. The van der Waals surface area contributed by atoms with E-state index in [2.05, 4.69) is 4.52 Å². The maximum atomic E-state index is 14.7. The quantitative estimate of drug-likeness (QED) is 0.374. The van der Waals surface area contributed by atoms with Gasteiger partial charge in [0.2, 0.25) is 0 Å². The van der Waals surface area contributed by atoms with E-state index >= 15 is 0 Å². The van der Waals surface area contributed by atoms with Crippen molar-refractivity contribution >= 4 is 41.8 Å². The molecular formula is C20H19FMgNO7P. The summed E-state index contributed by atoms with van der Waals surface area (Å²) in [6.45, 7) is 1.42. The molecule has 1 aromatic heterocycles. The average molecular weight is 460 g/mol. The van der Waals surface area contributed by atoms with Gasteiger partial charge in [-0.25, -0.2) is 4.39 Å². The molecule has 0 aliphatic heterocycles. The molecule has 11 heteroatoms. The first-order chi connectivity index (χ1) is 14.2. The van der Waals surface area contributed by atoms with Crippen LogP contribution < -0.4 is 24.7 Å². The minimum Gasteiger partial charge on any atom is -0.790 e. The van der Waals surface area contributed by atoms with Crippen LogP contribution in [0.2, 0.25) is 0 Å². The Balaban J connectivity index is 0.00000341. The van der Waals surface area contributed by atoms with Crippen LogP contribution in [0.4, 0.5) is 4.39 Å². The number of fused-ring (bicyclic) bond motifs is 1. The first-order valence-electron chi connectivity index (χ1n) is 9.04. The van der Waals surface area contributed by atoms with Crippen molar-refractivity contribution in [3.05, 3.63) is 58.6 Å². The third kappa shape index (κ3) is 5.85. The molecule has 0 saturated carbocycles. The minimum atomic E-state index is -5.32. The Kier molecular flexibility index (Phi) is 8.64. The number of halogens is 1. The van der Waals surface area contributed by atoms with Gasteiger partial charge in [0.15, 0.2) is 5.43 Å². The molecule has 160 valence electrons. The molecule has 0 aliphatic rings. The number of hydrogen-bond acceptors (Lipinski definition) is 7. The normalized spacial score (nSPS) is 11.3. The second kappa shape index (κ2) is 10.6. The number of pyridine rings is 1. The standard InChI is InChI=1S/C20H21FNO7P.Mg/c1-3-10-28-17-9-8-16(21)18-19(17)22(12-29-30(24,25)26)11-15(20(18)23)13-4-6-14(27-2)7-5-13;/h4-9,11H,3,10,12H2,1-2H3,(H2,24,25,26);/q;+2/p-2.